The van der Waals surface area contributed by atoms with Gasteiger partial charge in [0.25, 0.3) is 5.88 Å². The molecule has 0 N–H and O–H groups in total. The average Bonchev–Trinajstić information content (AvgIpc) is 3.37. The summed E-state index contributed by atoms with van der Waals surface area (Å²) in [6.07, 6.45) is 3.09. The highest BCUT2D eigenvalue weighted by molar-refractivity contribution is 5.79. The van der Waals surface area contributed by atoms with Crippen LogP contribution in [-0.4, -0.2) is 61.1 Å². The molecular weight excluding hydrogens is 458 g/mol. The molecule has 13 heteroatoms. The van der Waals surface area contributed by atoms with Gasteiger partial charge in [0.2, 0.25) is 5.82 Å². The standard InChI is InChI=1S/C21H17F4N7O2/c1-30-18(15(24)8-28-30)19-26-7-16(25)20(29-19)34-14-9-31(10-14)21(33)32-17(2-3-27-32)11-4-12(22)6-13(23)5-11/h3-8,14,17H,2,9-10H2,1H3/t17-/m0/s1. The average molecular weight is 475 g/mol. The number of urea groups is 1. The lowest BCUT2D eigenvalue weighted by atomic mass is 10.0. The summed E-state index contributed by atoms with van der Waals surface area (Å²) in [4.78, 5) is 22.0. The number of aryl methyl sites for hydroxylation is 1. The molecule has 1 aromatic carbocycles. The highest BCUT2D eigenvalue weighted by Gasteiger charge is 2.39. The van der Waals surface area contributed by atoms with Crippen LogP contribution in [0.25, 0.3) is 11.5 Å². The summed E-state index contributed by atoms with van der Waals surface area (Å²) < 4.78 is 62.2. The van der Waals surface area contributed by atoms with Crippen molar-refractivity contribution in [3.8, 4) is 17.4 Å². The molecule has 3 aromatic rings. The van der Waals surface area contributed by atoms with Gasteiger partial charge in [0.05, 0.1) is 31.5 Å². The zero-order valence-corrected chi connectivity index (χ0v) is 17.7. The number of hydrazone groups is 1. The van der Waals surface area contributed by atoms with Crippen molar-refractivity contribution in [1.82, 2.24) is 29.7 Å². The largest absolute Gasteiger partial charge is 0.468 e. The first-order valence-corrected chi connectivity index (χ1v) is 10.2. The maximum Gasteiger partial charge on any atom is 0.341 e. The first-order valence-electron chi connectivity index (χ1n) is 10.2. The van der Waals surface area contributed by atoms with Gasteiger partial charge in [-0.2, -0.15) is 19.6 Å². The van der Waals surface area contributed by atoms with Crippen molar-refractivity contribution in [2.75, 3.05) is 13.1 Å². The molecule has 176 valence electrons. The molecule has 2 aliphatic heterocycles. The number of nitrogens with zero attached hydrogens (tertiary/aromatic N) is 7. The maximum atomic E-state index is 14.2. The maximum absolute atomic E-state index is 14.2. The number of amides is 2. The quantitative estimate of drug-likeness (QED) is 0.542. The molecule has 0 bridgehead atoms. The third-order valence-corrected chi connectivity index (χ3v) is 5.51. The lowest BCUT2D eigenvalue weighted by Gasteiger charge is -2.40. The van der Waals surface area contributed by atoms with Gasteiger partial charge in [-0.15, -0.1) is 0 Å². The van der Waals surface area contributed by atoms with E-state index in [-0.39, 0.29) is 36.1 Å². The summed E-state index contributed by atoms with van der Waals surface area (Å²) in [5.74, 6) is -3.48. The molecule has 4 heterocycles. The Morgan fingerprint density at radius 1 is 1.06 bits per heavy atom. The second-order valence-corrected chi connectivity index (χ2v) is 7.84. The molecule has 1 atom stereocenters. The highest BCUT2D eigenvalue weighted by atomic mass is 19.1. The van der Waals surface area contributed by atoms with Crippen molar-refractivity contribution >= 4 is 12.2 Å². The second-order valence-electron chi connectivity index (χ2n) is 7.84. The third-order valence-electron chi connectivity index (χ3n) is 5.51. The van der Waals surface area contributed by atoms with Crippen molar-refractivity contribution in [2.24, 2.45) is 12.1 Å². The van der Waals surface area contributed by atoms with Gasteiger partial charge in [0.15, 0.2) is 11.6 Å². The number of carbonyl (C=O) groups is 1. The monoisotopic (exact) mass is 475 g/mol. The van der Waals surface area contributed by atoms with E-state index in [4.69, 9.17) is 4.74 Å². The molecular formula is C21H17F4N7O2. The van der Waals surface area contributed by atoms with Gasteiger partial charge in [-0.1, -0.05) is 0 Å². The van der Waals surface area contributed by atoms with E-state index >= 15 is 0 Å². The van der Waals surface area contributed by atoms with Gasteiger partial charge in [-0.05, 0) is 17.7 Å². The molecule has 1 fully saturated rings. The summed E-state index contributed by atoms with van der Waals surface area (Å²) >= 11 is 0. The minimum Gasteiger partial charge on any atom is -0.468 e. The van der Waals surface area contributed by atoms with E-state index in [0.29, 0.717) is 6.42 Å². The van der Waals surface area contributed by atoms with Gasteiger partial charge < -0.3 is 9.64 Å². The van der Waals surface area contributed by atoms with Crippen molar-refractivity contribution < 1.29 is 27.1 Å². The van der Waals surface area contributed by atoms with Crippen molar-refractivity contribution in [2.45, 2.75) is 18.6 Å². The second kappa shape index (κ2) is 8.39. The van der Waals surface area contributed by atoms with E-state index in [1.165, 1.54) is 22.8 Å². The van der Waals surface area contributed by atoms with Crippen LogP contribution in [0, 0.1) is 23.3 Å². The summed E-state index contributed by atoms with van der Waals surface area (Å²) in [6.45, 7) is 0.210. The SMILES string of the molecule is Cn1ncc(F)c1-c1ncc(F)c(OC2CN(C(=O)N3N=CC[C@H]3c3cc(F)cc(F)c3)C2)n1. The first kappa shape index (κ1) is 21.8. The Morgan fingerprint density at radius 2 is 1.79 bits per heavy atom. The van der Waals surface area contributed by atoms with E-state index in [1.807, 2.05) is 0 Å². The van der Waals surface area contributed by atoms with E-state index in [2.05, 4.69) is 20.2 Å². The van der Waals surface area contributed by atoms with Gasteiger partial charge in [-0.25, -0.2) is 28.0 Å². The number of halogens is 4. The molecule has 2 amide bonds. The molecule has 0 spiro atoms. The van der Waals surface area contributed by atoms with Crippen LogP contribution in [0.1, 0.15) is 18.0 Å². The van der Waals surface area contributed by atoms with E-state index in [1.54, 1.807) is 0 Å². The number of hydrogen-bond acceptors (Lipinski definition) is 6. The lowest BCUT2D eigenvalue weighted by molar-refractivity contribution is 0.0230. The normalized spacial score (nSPS) is 17.9. The van der Waals surface area contributed by atoms with Crippen LogP contribution in [0.3, 0.4) is 0 Å². The molecule has 0 aliphatic carbocycles. The highest BCUT2D eigenvalue weighted by Crippen LogP contribution is 2.32. The number of hydrogen-bond donors (Lipinski definition) is 0. The van der Waals surface area contributed by atoms with Crippen LogP contribution >= 0.6 is 0 Å². The molecule has 2 aliphatic rings. The van der Waals surface area contributed by atoms with Crippen LogP contribution in [0.5, 0.6) is 5.88 Å². The van der Waals surface area contributed by atoms with Crippen LogP contribution < -0.4 is 4.74 Å². The fourth-order valence-corrected chi connectivity index (χ4v) is 3.82. The number of ether oxygens (including phenoxy) is 1. The Kier molecular flexibility index (Phi) is 5.38. The summed E-state index contributed by atoms with van der Waals surface area (Å²) in [5.41, 5.74) is 0.261. The number of likely N-dealkylation sites (tertiary alicyclic amines) is 1. The van der Waals surface area contributed by atoms with Crippen LogP contribution in [-0.2, 0) is 7.05 Å². The van der Waals surface area contributed by atoms with Crippen molar-refractivity contribution in [1.29, 1.82) is 0 Å². The van der Waals surface area contributed by atoms with Crippen molar-refractivity contribution in [3.05, 3.63) is 59.4 Å². The first-order chi connectivity index (χ1) is 16.3. The Hall–Kier alpha value is -4.03. The lowest BCUT2D eigenvalue weighted by Crippen LogP contribution is -2.59. The number of rotatable bonds is 4. The number of carbonyl (C=O) groups excluding carboxylic acids is 1. The summed E-state index contributed by atoms with van der Waals surface area (Å²) in [6, 6.07) is 1.94. The molecule has 0 unspecified atom stereocenters. The molecule has 34 heavy (non-hydrogen) atoms. The fraction of sp³-hybridized carbons (Fsp3) is 0.286. The molecule has 5 rings (SSSR count). The van der Waals surface area contributed by atoms with Crippen LogP contribution in [0.15, 0.2) is 35.7 Å². The molecule has 0 radical (unpaired) electrons. The van der Waals surface area contributed by atoms with E-state index in [0.717, 1.165) is 35.6 Å². The molecule has 0 saturated carbocycles. The Labute approximate surface area is 190 Å². The molecule has 2 aromatic heterocycles. The fourth-order valence-electron chi connectivity index (χ4n) is 3.82. The number of benzene rings is 1. The summed E-state index contributed by atoms with van der Waals surface area (Å²) in [7, 11) is 1.49. The smallest absolute Gasteiger partial charge is 0.341 e. The third kappa shape index (κ3) is 3.93. The molecule has 1 saturated heterocycles. The summed E-state index contributed by atoms with van der Waals surface area (Å²) in [5, 5.41) is 8.96. The zero-order chi connectivity index (χ0) is 24.0. The van der Waals surface area contributed by atoms with Crippen LogP contribution in [0.4, 0.5) is 22.4 Å². The predicted molar refractivity (Wildman–Crippen MR) is 110 cm³/mol. The van der Waals surface area contributed by atoms with E-state index in [9.17, 15) is 22.4 Å². The predicted octanol–water partition coefficient (Wildman–Crippen LogP) is 3.05. The molecule has 9 nitrogen and oxygen atoms in total. The van der Waals surface area contributed by atoms with Crippen LogP contribution in [0.2, 0.25) is 0 Å². The number of aromatic nitrogens is 4. The minimum absolute atomic E-state index is 0.0259. The zero-order valence-electron chi connectivity index (χ0n) is 17.7. The Morgan fingerprint density at radius 3 is 2.47 bits per heavy atom. The topological polar surface area (TPSA) is 88.7 Å². The van der Waals surface area contributed by atoms with Crippen molar-refractivity contribution in [3.63, 3.8) is 0 Å². The van der Waals surface area contributed by atoms with E-state index < -0.39 is 41.4 Å². The van der Waals surface area contributed by atoms with Gasteiger partial charge in [-0.3, -0.25) is 4.68 Å². The Bertz CT molecular complexity index is 1250. The van der Waals surface area contributed by atoms with Gasteiger partial charge >= 0.3 is 6.03 Å². The van der Waals surface area contributed by atoms with Gasteiger partial charge in [0.1, 0.15) is 23.4 Å². The minimum atomic E-state index is -0.839. The Balaban J connectivity index is 1.25. The van der Waals surface area contributed by atoms with Gasteiger partial charge in [0, 0.05) is 25.7 Å².